The van der Waals surface area contributed by atoms with Crippen molar-refractivity contribution in [3.63, 3.8) is 0 Å². The van der Waals surface area contributed by atoms with Gasteiger partial charge in [0, 0.05) is 42.2 Å². The van der Waals surface area contributed by atoms with Gasteiger partial charge in [0.2, 0.25) is 5.95 Å². The molecule has 0 bridgehead atoms. The molecule has 5 rings (SSSR count). The molecule has 1 aromatic heterocycles. The summed E-state index contributed by atoms with van der Waals surface area (Å²) in [6.45, 7) is 11.3. The molecule has 12 heteroatoms. The highest BCUT2D eigenvalue weighted by Gasteiger charge is 2.27. The monoisotopic (exact) mass is 698 g/mol. The Hall–Kier alpha value is -5.23. The van der Waals surface area contributed by atoms with E-state index in [1.807, 2.05) is 45.9 Å². The maximum absolute atomic E-state index is 15.1. The van der Waals surface area contributed by atoms with Crippen LogP contribution in [-0.4, -0.2) is 66.3 Å². The molecule has 3 aromatic carbocycles. The van der Waals surface area contributed by atoms with Gasteiger partial charge in [-0.15, -0.1) is 0 Å². The van der Waals surface area contributed by atoms with Gasteiger partial charge in [0.25, 0.3) is 5.91 Å². The highest BCUT2D eigenvalue weighted by Crippen LogP contribution is 2.35. The number of amides is 2. The van der Waals surface area contributed by atoms with E-state index in [1.165, 1.54) is 55.7 Å². The molecule has 51 heavy (non-hydrogen) atoms. The smallest absolute Gasteiger partial charge is 0.425 e. The van der Waals surface area contributed by atoms with E-state index >= 15 is 4.39 Å². The lowest BCUT2D eigenvalue weighted by atomic mass is 10.1. The van der Waals surface area contributed by atoms with Crippen LogP contribution >= 0.6 is 0 Å². The summed E-state index contributed by atoms with van der Waals surface area (Å²) in [5, 5.41) is 5.96. The Morgan fingerprint density at radius 2 is 1.73 bits per heavy atom. The number of benzene rings is 3. The van der Waals surface area contributed by atoms with Crippen LogP contribution in [0.4, 0.5) is 32.3 Å². The van der Waals surface area contributed by atoms with Crippen molar-refractivity contribution in [2.75, 3.05) is 43.6 Å². The van der Waals surface area contributed by atoms with Gasteiger partial charge in [-0.25, -0.2) is 19.1 Å². The molecule has 11 nitrogen and oxygen atoms in total. The van der Waals surface area contributed by atoms with Crippen molar-refractivity contribution in [3.8, 4) is 17.2 Å². The molecular formula is C39H47FN6O5. The zero-order valence-corrected chi connectivity index (χ0v) is 30.0. The molecule has 2 N–H and O–H groups in total. The summed E-state index contributed by atoms with van der Waals surface area (Å²) in [7, 11) is 1.44. The second-order valence-electron chi connectivity index (χ2n) is 12.7. The van der Waals surface area contributed by atoms with E-state index < -0.39 is 11.9 Å². The topological polar surface area (TPSA) is 118 Å². The molecule has 1 fully saturated rings. The maximum Gasteiger partial charge on any atom is 0.425 e. The zero-order chi connectivity index (χ0) is 36.3. The van der Waals surface area contributed by atoms with Crippen LogP contribution < -0.4 is 29.7 Å². The minimum Gasteiger partial charge on any atom is -0.493 e. The standard InChI is InChI=1S/C39H47FN6O5/c1-6-28(4)42-37(47)29-14-16-33(34(24-29)49-5)51-39(48)46(36-26(2)12-10-13-27(36)3)35-18-19-41-38(44-35)43-30-15-17-32(31(40)25-30)50-23-11-22-45-20-8-7-9-21-45/h10,12-19,24-25,28H,6-9,11,20-23H2,1-5H3,(H,42,47)(H,41,43,44). The van der Waals surface area contributed by atoms with E-state index in [4.69, 9.17) is 14.2 Å². The first-order valence-corrected chi connectivity index (χ1v) is 17.5. The third-order valence-electron chi connectivity index (χ3n) is 8.84. The molecule has 4 aromatic rings. The molecule has 0 radical (unpaired) electrons. The van der Waals surface area contributed by atoms with E-state index in [2.05, 4.69) is 25.5 Å². The number of piperidine rings is 1. The van der Waals surface area contributed by atoms with E-state index in [1.54, 1.807) is 24.3 Å². The van der Waals surface area contributed by atoms with Crippen LogP contribution in [0.25, 0.3) is 0 Å². The van der Waals surface area contributed by atoms with Crippen LogP contribution in [0.15, 0.2) is 66.9 Å². The normalized spacial score (nSPS) is 13.6. The Morgan fingerprint density at radius 1 is 0.980 bits per heavy atom. The number of methoxy groups -OCH3 is 1. The van der Waals surface area contributed by atoms with Gasteiger partial charge in [0.05, 0.1) is 19.4 Å². The van der Waals surface area contributed by atoms with Gasteiger partial charge in [-0.2, -0.15) is 4.98 Å². The average Bonchev–Trinajstić information content (AvgIpc) is 3.13. The van der Waals surface area contributed by atoms with Crippen LogP contribution in [0.1, 0.15) is 67.4 Å². The largest absolute Gasteiger partial charge is 0.493 e. The number of nitrogens with one attached hydrogen (secondary N) is 2. The quantitative estimate of drug-likeness (QED) is 0.126. The first-order valence-electron chi connectivity index (χ1n) is 17.5. The highest BCUT2D eigenvalue weighted by molar-refractivity contribution is 5.99. The van der Waals surface area contributed by atoms with E-state index in [9.17, 15) is 9.59 Å². The predicted octanol–water partition coefficient (Wildman–Crippen LogP) is 8.10. The van der Waals surface area contributed by atoms with Gasteiger partial charge < -0.3 is 29.7 Å². The second-order valence-corrected chi connectivity index (χ2v) is 12.7. The number of ether oxygens (including phenoxy) is 3. The summed E-state index contributed by atoms with van der Waals surface area (Å²) < 4.78 is 32.2. The Morgan fingerprint density at radius 3 is 2.43 bits per heavy atom. The highest BCUT2D eigenvalue weighted by atomic mass is 19.1. The van der Waals surface area contributed by atoms with Crippen molar-refractivity contribution in [2.24, 2.45) is 0 Å². The lowest BCUT2D eigenvalue weighted by Crippen LogP contribution is -2.32. The van der Waals surface area contributed by atoms with Crippen molar-refractivity contribution >= 4 is 35.1 Å². The van der Waals surface area contributed by atoms with Crippen molar-refractivity contribution in [1.29, 1.82) is 0 Å². The van der Waals surface area contributed by atoms with Gasteiger partial charge in [-0.3, -0.25) is 4.79 Å². The zero-order valence-electron chi connectivity index (χ0n) is 30.0. The number of carbonyl (C=O) groups is 2. The molecule has 2 heterocycles. The van der Waals surface area contributed by atoms with Gasteiger partial charge in [-0.1, -0.05) is 31.5 Å². The fourth-order valence-electron chi connectivity index (χ4n) is 5.91. The van der Waals surface area contributed by atoms with Crippen LogP contribution in [0.3, 0.4) is 0 Å². The van der Waals surface area contributed by atoms with Crippen molar-refractivity contribution in [3.05, 3.63) is 89.4 Å². The minimum absolute atomic E-state index is 0.00404. The number of hydrogen-bond donors (Lipinski definition) is 2. The summed E-state index contributed by atoms with van der Waals surface area (Å²) >= 11 is 0. The summed E-state index contributed by atoms with van der Waals surface area (Å²) in [5.41, 5.74) is 2.96. The summed E-state index contributed by atoms with van der Waals surface area (Å²) in [4.78, 5) is 39.5. The number of nitrogens with zero attached hydrogens (tertiary/aromatic N) is 4. The Labute approximate surface area is 299 Å². The molecule has 0 spiro atoms. The van der Waals surface area contributed by atoms with Crippen molar-refractivity contribution in [2.45, 2.75) is 65.8 Å². The molecule has 0 saturated carbocycles. The third kappa shape index (κ3) is 9.72. The lowest BCUT2D eigenvalue weighted by molar-refractivity contribution is 0.0939. The van der Waals surface area contributed by atoms with E-state index in [-0.39, 0.29) is 41.0 Å². The first-order chi connectivity index (χ1) is 24.7. The Bertz CT molecular complexity index is 1790. The molecule has 1 unspecified atom stereocenters. The molecule has 270 valence electrons. The van der Waals surface area contributed by atoms with Crippen LogP contribution in [0.5, 0.6) is 17.2 Å². The van der Waals surface area contributed by atoms with Crippen LogP contribution in [-0.2, 0) is 0 Å². The van der Waals surface area contributed by atoms with Gasteiger partial charge in [0.1, 0.15) is 5.82 Å². The van der Waals surface area contributed by atoms with Crippen molar-refractivity contribution in [1.82, 2.24) is 20.2 Å². The fourth-order valence-corrected chi connectivity index (χ4v) is 5.91. The first kappa shape index (κ1) is 37.0. The number of carbonyl (C=O) groups excluding carboxylic acids is 2. The summed E-state index contributed by atoms with van der Waals surface area (Å²) in [6, 6.07) is 16.5. The van der Waals surface area contributed by atoms with Crippen molar-refractivity contribution < 1.29 is 28.2 Å². The van der Waals surface area contributed by atoms with Gasteiger partial charge >= 0.3 is 6.09 Å². The predicted molar refractivity (Wildman–Crippen MR) is 196 cm³/mol. The number of anilines is 4. The number of likely N-dealkylation sites (tertiary alicyclic amines) is 1. The van der Waals surface area contributed by atoms with Crippen LogP contribution in [0.2, 0.25) is 0 Å². The summed E-state index contributed by atoms with van der Waals surface area (Å²) in [6.07, 6.45) is 6.10. The number of halogens is 1. The summed E-state index contributed by atoms with van der Waals surface area (Å²) in [5.74, 6) is 0.0974. The molecule has 1 aliphatic heterocycles. The number of aryl methyl sites for hydroxylation is 2. The van der Waals surface area contributed by atoms with Crippen LogP contribution in [0, 0.1) is 19.7 Å². The number of rotatable bonds is 14. The molecular weight excluding hydrogens is 651 g/mol. The minimum atomic E-state index is -0.764. The molecule has 0 aliphatic carbocycles. The number of hydrogen-bond acceptors (Lipinski definition) is 9. The Balaban J connectivity index is 1.34. The lowest BCUT2D eigenvalue weighted by Gasteiger charge is -2.26. The van der Waals surface area contributed by atoms with E-state index in [0.29, 0.717) is 23.5 Å². The second kappa shape index (κ2) is 17.6. The molecule has 2 amide bonds. The molecule has 1 atom stereocenters. The number of para-hydroxylation sites is 1. The number of aromatic nitrogens is 2. The van der Waals surface area contributed by atoms with Gasteiger partial charge in [0.15, 0.2) is 23.1 Å². The van der Waals surface area contributed by atoms with E-state index in [0.717, 1.165) is 43.6 Å². The SMILES string of the molecule is CCC(C)NC(=O)c1ccc(OC(=O)N(c2ccnc(Nc3ccc(OCCCN4CCCCC4)c(F)c3)n2)c2c(C)cccc2C)c(OC)c1. The average molecular weight is 699 g/mol. The fraction of sp³-hybridized carbons (Fsp3) is 0.385. The molecule has 1 saturated heterocycles. The third-order valence-corrected chi connectivity index (χ3v) is 8.84. The maximum atomic E-state index is 15.1. The Kier molecular flexibility index (Phi) is 12.8. The van der Waals surface area contributed by atoms with Gasteiger partial charge in [-0.05, 0) is 101 Å². The molecule has 1 aliphatic rings.